The average Bonchev–Trinajstić information content (AvgIpc) is 0.773. The molecule has 0 aliphatic rings. The first-order valence-electron chi connectivity index (χ1n) is 29.8. The van der Waals surface area contributed by atoms with Gasteiger partial charge in [0.2, 0.25) is 13.6 Å². The number of methoxy groups -OCH3 is 6. The molecule has 0 heterocycles. The highest BCUT2D eigenvalue weighted by Gasteiger charge is 2.35. The van der Waals surface area contributed by atoms with Gasteiger partial charge in [-0.2, -0.15) is 0 Å². The van der Waals surface area contributed by atoms with Crippen LogP contribution in [0.2, 0.25) is 0 Å². The van der Waals surface area contributed by atoms with E-state index in [9.17, 15) is 38.4 Å². The highest BCUT2D eigenvalue weighted by atomic mass is 32.2. The third-order valence-corrected chi connectivity index (χ3v) is 17.1. The molecule has 6 aromatic carbocycles. The molecule has 95 heavy (non-hydrogen) atoms. The Balaban J connectivity index is 1.24. The molecule has 23 heteroatoms. The van der Waals surface area contributed by atoms with E-state index in [1.165, 1.54) is 54.4 Å². The molecule has 0 amide bonds. The van der Waals surface area contributed by atoms with Crippen molar-refractivity contribution in [3.05, 3.63) is 137 Å². The SMILES string of the molecule is COc1ccc(Sc2ccc(OC)c(C(=O)Oc3c(C)c(C)c(C(=O)Oc4c(C)c(C)c(C(=O)OCOC(=O)C(C)(C)C)c(OC)c4C)c(OC)c3C)c2)cc1C(=O)Oc1c(C)c(C)c(C(=O)Oc2c(C)c(C)c(C(=O)OCOC(=O)C(C)(C)C)c(OC)c2C)c(OC)c1C. The lowest BCUT2D eigenvalue weighted by atomic mass is 9.95. The molecule has 0 saturated heterocycles. The zero-order chi connectivity index (χ0) is 71.2. The van der Waals surface area contributed by atoms with Gasteiger partial charge in [-0.1, -0.05) is 11.8 Å². The van der Waals surface area contributed by atoms with Gasteiger partial charge in [0.1, 0.15) is 90.9 Å². The Morgan fingerprint density at radius 1 is 0.305 bits per heavy atom. The monoisotopic (exact) mass is 1330 g/mol. The van der Waals surface area contributed by atoms with Crippen LogP contribution in [-0.2, 0) is 28.5 Å². The van der Waals surface area contributed by atoms with Gasteiger partial charge in [0.15, 0.2) is 0 Å². The van der Waals surface area contributed by atoms with Crippen molar-refractivity contribution in [2.75, 3.05) is 56.2 Å². The third-order valence-electron chi connectivity index (χ3n) is 16.2. The minimum absolute atomic E-state index is 0.0366. The number of carbonyl (C=O) groups is 8. The fourth-order valence-electron chi connectivity index (χ4n) is 10.4. The molecular weight excluding hydrogens is 1250 g/mol. The Kier molecular flexibility index (Phi) is 23.5. The smallest absolute Gasteiger partial charge is 0.347 e. The van der Waals surface area contributed by atoms with E-state index in [0.717, 1.165) is 0 Å². The van der Waals surface area contributed by atoms with Gasteiger partial charge in [0.25, 0.3) is 0 Å². The fourth-order valence-corrected chi connectivity index (χ4v) is 11.3. The predicted octanol–water partition coefficient (Wildman–Crippen LogP) is 13.9. The van der Waals surface area contributed by atoms with Crippen LogP contribution in [0, 0.1) is 93.9 Å². The molecule has 0 aromatic heterocycles. The summed E-state index contributed by atoms with van der Waals surface area (Å²) < 4.78 is 79.7. The Hall–Kier alpha value is -9.77. The van der Waals surface area contributed by atoms with E-state index >= 15 is 0 Å². The van der Waals surface area contributed by atoms with Gasteiger partial charge in [-0.05, 0) is 206 Å². The highest BCUT2D eigenvalue weighted by molar-refractivity contribution is 7.99. The molecule has 0 bridgehead atoms. The van der Waals surface area contributed by atoms with Crippen LogP contribution in [0.3, 0.4) is 0 Å². The summed E-state index contributed by atoms with van der Waals surface area (Å²) in [6, 6.07) is 9.76. The summed E-state index contributed by atoms with van der Waals surface area (Å²) in [4.78, 5) is 110. The minimum atomic E-state index is -0.821. The number of esters is 8. The number of carbonyl (C=O) groups excluding carboxylic acids is 8. The average molecular weight is 1330 g/mol. The molecule has 0 aliphatic carbocycles. The highest BCUT2D eigenvalue weighted by Crippen LogP contribution is 2.46. The molecule has 0 spiro atoms. The molecule has 0 N–H and O–H groups in total. The van der Waals surface area contributed by atoms with E-state index in [1.54, 1.807) is 161 Å². The maximum atomic E-state index is 14.4. The van der Waals surface area contributed by atoms with Crippen molar-refractivity contribution in [2.45, 2.75) is 134 Å². The number of ether oxygens (including phenoxy) is 14. The van der Waals surface area contributed by atoms with E-state index < -0.39 is 72.2 Å². The summed E-state index contributed by atoms with van der Waals surface area (Å²) >= 11 is 1.20. The normalized spacial score (nSPS) is 11.2. The van der Waals surface area contributed by atoms with Crippen molar-refractivity contribution in [1.29, 1.82) is 0 Å². The number of benzene rings is 6. The maximum absolute atomic E-state index is 14.4. The second-order valence-electron chi connectivity index (χ2n) is 24.3. The third kappa shape index (κ3) is 15.4. The van der Waals surface area contributed by atoms with Crippen molar-refractivity contribution in [2.24, 2.45) is 10.8 Å². The van der Waals surface area contributed by atoms with Crippen molar-refractivity contribution >= 4 is 59.5 Å². The maximum Gasteiger partial charge on any atom is 0.347 e. The number of hydrogen-bond donors (Lipinski definition) is 0. The molecular formula is C72H82O22S. The van der Waals surface area contributed by atoms with Crippen LogP contribution in [-0.4, -0.2) is 104 Å². The summed E-state index contributed by atoms with van der Waals surface area (Å²) in [5.74, 6) is -4.92. The van der Waals surface area contributed by atoms with Gasteiger partial charge in [0, 0.05) is 32.0 Å². The lowest BCUT2D eigenvalue weighted by Gasteiger charge is -2.23. The van der Waals surface area contributed by atoms with Crippen molar-refractivity contribution in [3.63, 3.8) is 0 Å². The van der Waals surface area contributed by atoms with Crippen LogP contribution in [0.4, 0.5) is 0 Å². The first-order valence-corrected chi connectivity index (χ1v) is 30.6. The van der Waals surface area contributed by atoms with Gasteiger partial charge in [-0.25, -0.2) is 28.8 Å². The number of hydrogen-bond acceptors (Lipinski definition) is 23. The molecule has 0 radical (unpaired) electrons. The summed E-state index contributed by atoms with van der Waals surface area (Å²) in [5, 5.41) is 0. The standard InChI is InChI=1S/C72H82O22S/c1-33-37(5)57(43(11)59(83-21)51(33)65(75)87-31-89-69(79)71(13,14)15)93-67(77)53-35(3)39(7)55(41(9)61(53)85-23)91-63(73)47-29-45(25-27-49(47)81-19)95-46-26-28-50(82-20)48(30-46)64(74)92-56-40(8)36(4)54(62(86-24)42(56)10)68(78)94-58-38(6)34(2)52(60(84-22)44(58)12)66(76)88-32-90-70(80)72(16,17)18/h25-30H,31-32H2,1-24H3. The number of rotatable bonds is 22. The largest absolute Gasteiger partial charge is 0.496 e. The van der Waals surface area contributed by atoms with Crippen LogP contribution >= 0.6 is 11.8 Å². The quantitative estimate of drug-likeness (QED) is 0.0347. The summed E-state index contributed by atoms with van der Waals surface area (Å²) in [7, 11) is 8.24. The van der Waals surface area contributed by atoms with Crippen LogP contribution in [0.15, 0.2) is 46.2 Å². The molecule has 6 rings (SSSR count). The van der Waals surface area contributed by atoms with Crippen LogP contribution in [0.1, 0.15) is 170 Å². The van der Waals surface area contributed by atoms with E-state index in [2.05, 4.69) is 0 Å². The van der Waals surface area contributed by atoms with Gasteiger partial charge in [-0.3, -0.25) is 9.59 Å². The first-order chi connectivity index (χ1) is 44.5. The van der Waals surface area contributed by atoms with Gasteiger partial charge in [-0.15, -0.1) is 0 Å². The molecule has 0 saturated carbocycles. The minimum Gasteiger partial charge on any atom is -0.496 e. The molecule has 0 unspecified atom stereocenters. The van der Waals surface area contributed by atoms with Gasteiger partial charge >= 0.3 is 47.8 Å². The molecule has 22 nitrogen and oxygen atoms in total. The molecule has 6 aromatic rings. The topological polar surface area (TPSA) is 266 Å². The molecule has 508 valence electrons. The second kappa shape index (κ2) is 30.1. The Bertz CT molecular complexity index is 3840. The molecule has 0 aliphatic heterocycles. The first kappa shape index (κ1) is 74.3. The lowest BCUT2D eigenvalue weighted by Crippen LogP contribution is -2.25. The van der Waals surface area contributed by atoms with E-state index in [1.807, 2.05) is 0 Å². The summed E-state index contributed by atoms with van der Waals surface area (Å²) in [5.41, 5.74) is 3.03. The fraction of sp³-hybridized carbons (Fsp3) is 0.389. The van der Waals surface area contributed by atoms with Crippen LogP contribution in [0.25, 0.3) is 0 Å². The van der Waals surface area contributed by atoms with E-state index in [-0.39, 0.29) is 90.9 Å². The van der Waals surface area contributed by atoms with Crippen molar-refractivity contribution in [3.8, 4) is 57.5 Å². The molecule has 0 fully saturated rings. The van der Waals surface area contributed by atoms with Crippen LogP contribution in [0.5, 0.6) is 57.5 Å². The van der Waals surface area contributed by atoms with Gasteiger partial charge in [0.05, 0.1) is 53.5 Å². The van der Waals surface area contributed by atoms with Crippen LogP contribution < -0.4 is 47.4 Å². The Labute approximate surface area is 557 Å². The molecule has 0 atom stereocenters. The van der Waals surface area contributed by atoms with Crippen molar-refractivity contribution < 1.29 is 105 Å². The zero-order valence-electron chi connectivity index (χ0n) is 58.3. The zero-order valence-corrected chi connectivity index (χ0v) is 59.1. The lowest BCUT2D eigenvalue weighted by molar-refractivity contribution is -0.162. The summed E-state index contributed by atoms with van der Waals surface area (Å²) in [6.07, 6.45) is 0. The second-order valence-corrected chi connectivity index (χ2v) is 25.4. The Morgan fingerprint density at radius 3 is 0.800 bits per heavy atom. The summed E-state index contributed by atoms with van der Waals surface area (Å²) in [6.45, 7) is 28.5. The van der Waals surface area contributed by atoms with Crippen molar-refractivity contribution in [1.82, 2.24) is 0 Å². The predicted molar refractivity (Wildman–Crippen MR) is 350 cm³/mol. The Morgan fingerprint density at radius 2 is 0.558 bits per heavy atom. The van der Waals surface area contributed by atoms with Gasteiger partial charge < -0.3 is 66.3 Å². The van der Waals surface area contributed by atoms with E-state index in [4.69, 9.17) is 66.3 Å². The van der Waals surface area contributed by atoms with E-state index in [0.29, 0.717) is 76.6 Å².